The molecule has 2 aliphatic heterocycles. The van der Waals surface area contributed by atoms with Gasteiger partial charge in [0.15, 0.2) is 5.79 Å². The molecule has 1 aromatic rings. The van der Waals surface area contributed by atoms with Crippen LogP contribution in [0.1, 0.15) is 12.0 Å². The Kier molecular flexibility index (Phi) is 3.84. The van der Waals surface area contributed by atoms with Gasteiger partial charge in [0.05, 0.1) is 45.2 Å². The van der Waals surface area contributed by atoms with Crippen molar-refractivity contribution in [3.63, 3.8) is 0 Å². The van der Waals surface area contributed by atoms with Gasteiger partial charge in [-0.3, -0.25) is 0 Å². The largest absolute Gasteiger partial charge is 0.396 e. The Hall–Kier alpha value is -0.940. The molecule has 3 rings (SSSR count). The summed E-state index contributed by atoms with van der Waals surface area (Å²) in [6.07, 6.45) is 0.875. The molecule has 2 aliphatic rings. The zero-order valence-corrected chi connectivity index (χ0v) is 11.2. The van der Waals surface area contributed by atoms with Crippen LogP contribution in [0.4, 0.5) is 0 Å². The SMILES string of the molecule is OC[C@@H]1C[NH+](Cc2ccccc2)CCC12OCCO2. The minimum absolute atomic E-state index is 0.0856. The lowest BCUT2D eigenvalue weighted by Crippen LogP contribution is -3.13. The molecule has 2 atom stereocenters. The van der Waals surface area contributed by atoms with Gasteiger partial charge in [-0.2, -0.15) is 0 Å². The van der Waals surface area contributed by atoms with Crippen molar-refractivity contribution in [2.45, 2.75) is 18.8 Å². The van der Waals surface area contributed by atoms with Gasteiger partial charge in [0.1, 0.15) is 6.54 Å². The Morgan fingerprint density at radius 3 is 2.63 bits per heavy atom. The van der Waals surface area contributed by atoms with E-state index in [9.17, 15) is 5.11 Å². The molecule has 104 valence electrons. The molecule has 0 saturated carbocycles. The molecule has 0 aliphatic carbocycles. The van der Waals surface area contributed by atoms with E-state index in [2.05, 4.69) is 24.3 Å². The summed E-state index contributed by atoms with van der Waals surface area (Å²) >= 11 is 0. The molecule has 2 fully saturated rings. The maximum Gasteiger partial charge on any atom is 0.184 e. The Labute approximate surface area is 113 Å². The Balaban J connectivity index is 1.65. The third-order valence-electron chi connectivity index (χ3n) is 4.28. The van der Waals surface area contributed by atoms with Crippen molar-refractivity contribution in [1.82, 2.24) is 0 Å². The Bertz CT molecular complexity index is 403. The third-order valence-corrected chi connectivity index (χ3v) is 4.28. The first kappa shape index (κ1) is 13.1. The van der Waals surface area contributed by atoms with Crippen molar-refractivity contribution in [1.29, 1.82) is 0 Å². The standard InChI is InChI=1S/C15H21NO3/c17-12-14-11-16(10-13-4-2-1-3-5-13)7-6-15(14)18-8-9-19-15/h1-5,14,17H,6-12H2/p+1/t14-/m0/s1. The summed E-state index contributed by atoms with van der Waals surface area (Å²) in [5.41, 5.74) is 1.35. The summed E-state index contributed by atoms with van der Waals surface area (Å²) < 4.78 is 11.6. The molecule has 4 heteroatoms. The van der Waals surface area contributed by atoms with Gasteiger partial charge in [0, 0.05) is 5.56 Å². The molecule has 0 radical (unpaired) electrons. The fourth-order valence-corrected chi connectivity index (χ4v) is 3.26. The Morgan fingerprint density at radius 2 is 1.95 bits per heavy atom. The molecule has 0 amide bonds. The molecule has 1 aromatic carbocycles. The number of benzene rings is 1. The normalized spacial score (nSPS) is 29.7. The van der Waals surface area contributed by atoms with Crippen LogP contribution in [0.5, 0.6) is 0 Å². The van der Waals surface area contributed by atoms with Crippen LogP contribution in [0, 0.1) is 5.92 Å². The van der Waals surface area contributed by atoms with E-state index in [-0.39, 0.29) is 12.5 Å². The second-order valence-corrected chi connectivity index (χ2v) is 5.50. The van der Waals surface area contributed by atoms with Gasteiger partial charge in [0.25, 0.3) is 0 Å². The van der Waals surface area contributed by atoms with Crippen molar-refractivity contribution >= 4 is 0 Å². The minimum Gasteiger partial charge on any atom is -0.396 e. The van der Waals surface area contributed by atoms with Crippen molar-refractivity contribution in [3.8, 4) is 0 Å². The van der Waals surface area contributed by atoms with E-state index >= 15 is 0 Å². The number of aliphatic hydroxyl groups excluding tert-OH is 1. The van der Waals surface area contributed by atoms with Crippen LogP contribution in [0.3, 0.4) is 0 Å². The van der Waals surface area contributed by atoms with Crippen LogP contribution in [0.25, 0.3) is 0 Å². The summed E-state index contributed by atoms with van der Waals surface area (Å²) in [7, 11) is 0. The van der Waals surface area contributed by atoms with Crippen LogP contribution >= 0.6 is 0 Å². The van der Waals surface area contributed by atoms with E-state index < -0.39 is 5.79 Å². The first-order valence-electron chi connectivity index (χ1n) is 7.09. The van der Waals surface area contributed by atoms with Crippen LogP contribution in [0.15, 0.2) is 30.3 Å². The molecule has 2 heterocycles. The highest BCUT2D eigenvalue weighted by molar-refractivity contribution is 5.13. The van der Waals surface area contributed by atoms with Crippen LogP contribution < -0.4 is 4.90 Å². The average Bonchev–Trinajstić information content (AvgIpc) is 2.92. The van der Waals surface area contributed by atoms with Gasteiger partial charge < -0.3 is 19.5 Å². The molecule has 1 unspecified atom stereocenters. The van der Waals surface area contributed by atoms with E-state index in [4.69, 9.17) is 9.47 Å². The van der Waals surface area contributed by atoms with Gasteiger partial charge in [-0.15, -0.1) is 0 Å². The maximum atomic E-state index is 9.63. The predicted octanol–water partition coefficient (Wildman–Crippen LogP) is -0.173. The van der Waals surface area contributed by atoms with E-state index in [1.165, 1.54) is 10.5 Å². The summed E-state index contributed by atoms with van der Waals surface area (Å²) in [6, 6.07) is 10.5. The summed E-state index contributed by atoms with van der Waals surface area (Å²) in [6.45, 7) is 4.40. The number of quaternary nitrogens is 1. The fraction of sp³-hybridized carbons (Fsp3) is 0.600. The van der Waals surface area contributed by atoms with Crippen LogP contribution in [-0.2, 0) is 16.0 Å². The van der Waals surface area contributed by atoms with Crippen molar-refractivity contribution in [2.75, 3.05) is 32.9 Å². The second kappa shape index (κ2) is 5.59. The average molecular weight is 264 g/mol. The molecule has 2 N–H and O–H groups in total. The summed E-state index contributed by atoms with van der Waals surface area (Å²) in [5, 5.41) is 9.63. The topological polar surface area (TPSA) is 43.1 Å². The second-order valence-electron chi connectivity index (χ2n) is 5.50. The summed E-state index contributed by atoms with van der Waals surface area (Å²) in [4.78, 5) is 1.50. The van der Waals surface area contributed by atoms with Crippen LogP contribution in [-0.4, -0.2) is 43.8 Å². The number of hydrogen-bond donors (Lipinski definition) is 2. The lowest BCUT2D eigenvalue weighted by atomic mass is 9.91. The van der Waals surface area contributed by atoms with E-state index in [1.807, 2.05) is 6.07 Å². The highest BCUT2D eigenvalue weighted by atomic mass is 16.7. The smallest absolute Gasteiger partial charge is 0.184 e. The zero-order valence-electron chi connectivity index (χ0n) is 11.2. The van der Waals surface area contributed by atoms with E-state index in [0.717, 1.165) is 26.1 Å². The first-order valence-corrected chi connectivity index (χ1v) is 7.09. The number of ether oxygens (including phenoxy) is 2. The Morgan fingerprint density at radius 1 is 1.21 bits per heavy atom. The van der Waals surface area contributed by atoms with Gasteiger partial charge in [0.2, 0.25) is 0 Å². The number of piperidine rings is 1. The van der Waals surface area contributed by atoms with Gasteiger partial charge in [-0.1, -0.05) is 30.3 Å². The lowest BCUT2D eigenvalue weighted by Gasteiger charge is -2.41. The molecule has 2 saturated heterocycles. The molecule has 4 nitrogen and oxygen atoms in total. The highest BCUT2D eigenvalue weighted by Crippen LogP contribution is 2.32. The minimum atomic E-state index is -0.505. The monoisotopic (exact) mass is 264 g/mol. The molecule has 1 spiro atoms. The zero-order chi connectivity index (χ0) is 13.1. The number of likely N-dealkylation sites (tertiary alicyclic amines) is 1. The molecule has 19 heavy (non-hydrogen) atoms. The van der Waals surface area contributed by atoms with Gasteiger partial charge >= 0.3 is 0 Å². The number of hydrogen-bond acceptors (Lipinski definition) is 3. The molecule has 0 aromatic heterocycles. The number of nitrogens with one attached hydrogen (secondary N) is 1. The van der Waals surface area contributed by atoms with E-state index in [0.29, 0.717) is 13.2 Å². The number of rotatable bonds is 3. The van der Waals surface area contributed by atoms with Gasteiger partial charge in [-0.05, 0) is 0 Å². The molecule has 0 bridgehead atoms. The molecular formula is C15H22NO3+. The maximum absolute atomic E-state index is 9.63. The first-order chi connectivity index (χ1) is 9.32. The molecular weight excluding hydrogens is 242 g/mol. The fourth-order valence-electron chi connectivity index (χ4n) is 3.26. The van der Waals surface area contributed by atoms with E-state index in [1.54, 1.807) is 0 Å². The van der Waals surface area contributed by atoms with Crippen molar-refractivity contribution in [2.24, 2.45) is 5.92 Å². The van der Waals surface area contributed by atoms with Crippen molar-refractivity contribution < 1.29 is 19.5 Å². The lowest BCUT2D eigenvalue weighted by molar-refractivity contribution is -0.926. The van der Waals surface area contributed by atoms with Crippen molar-refractivity contribution in [3.05, 3.63) is 35.9 Å². The number of aliphatic hydroxyl groups is 1. The van der Waals surface area contributed by atoms with Crippen LogP contribution in [0.2, 0.25) is 0 Å². The third kappa shape index (κ3) is 2.67. The quantitative estimate of drug-likeness (QED) is 0.796. The summed E-state index contributed by atoms with van der Waals surface area (Å²) in [5.74, 6) is -0.419. The predicted molar refractivity (Wildman–Crippen MR) is 70.7 cm³/mol. The van der Waals surface area contributed by atoms with Gasteiger partial charge in [-0.25, -0.2) is 0 Å². The highest BCUT2D eigenvalue weighted by Gasteiger charge is 2.49.